The average Bonchev–Trinajstić information content (AvgIpc) is 2.41. The van der Waals surface area contributed by atoms with Crippen molar-refractivity contribution in [3.63, 3.8) is 0 Å². The number of nitrogens with one attached hydrogen (secondary N) is 1. The molecule has 0 aliphatic rings. The SMILES string of the molecule is CSC(=Nc1c(C)ccc2cccnc12)NC#N. The first-order chi connectivity index (χ1) is 8.76. The Hall–Kier alpha value is -2.06. The predicted octanol–water partition coefficient (Wildman–Crippen LogP) is 2.96. The minimum Gasteiger partial charge on any atom is -0.271 e. The number of aliphatic imine (C=N–C) groups is 1. The molecule has 1 aromatic heterocycles. The van der Waals surface area contributed by atoms with Crippen molar-refractivity contribution in [1.29, 1.82) is 5.26 Å². The number of rotatable bonds is 1. The fourth-order valence-corrected chi connectivity index (χ4v) is 1.98. The van der Waals surface area contributed by atoms with Crippen LogP contribution in [0.15, 0.2) is 35.5 Å². The van der Waals surface area contributed by atoms with Crippen LogP contribution in [0, 0.1) is 18.4 Å². The molecule has 0 fully saturated rings. The van der Waals surface area contributed by atoms with E-state index < -0.39 is 0 Å². The molecule has 2 rings (SSSR count). The number of fused-ring (bicyclic) bond motifs is 1. The molecule has 0 saturated carbocycles. The number of nitrogens with zero attached hydrogens (tertiary/aromatic N) is 3. The Morgan fingerprint density at radius 3 is 3.00 bits per heavy atom. The summed E-state index contributed by atoms with van der Waals surface area (Å²) in [7, 11) is 0. The predicted molar refractivity (Wildman–Crippen MR) is 75.8 cm³/mol. The van der Waals surface area contributed by atoms with Crippen molar-refractivity contribution < 1.29 is 0 Å². The summed E-state index contributed by atoms with van der Waals surface area (Å²) in [4.78, 5) is 8.84. The molecule has 0 aliphatic carbocycles. The number of benzene rings is 1. The second-order valence-corrected chi connectivity index (χ2v) is 4.46. The number of pyridine rings is 1. The molecule has 90 valence electrons. The highest BCUT2D eigenvalue weighted by Crippen LogP contribution is 2.28. The number of thioether (sulfide) groups is 1. The first-order valence-corrected chi connectivity index (χ1v) is 6.61. The largest absolute Gasteiger partial charge is 0.271 e. The second-order valence-electron chi connectivity index (χ2n) is 3.66. The summed E-state index contributed by atoms with van der Waals surface area (Å²) >= 11 is 1.40. The Kier molecular flexibility index (Phi) is 3.80. The van der Waals surface area contributed by atoms with Gasteiger partial charge in [0.15, 0.2) is 11.4 Å². The maximum Gasteiger partial charge on any atom is 0.183 e. The van der Waals surface area contributed by atoms with E-state index in [1.165, 1.54) is 11.8 Å². The van der Waals surface area contributed by atoms with E-state index in [-0.39, 0.29) is 0 Å². The van der Waals surface area contributed by atoms with Gasteiger partial charge in [-0.1, -0.05) is 30.0 Å². The van der Waals surface area contributed by atoms with Crippen molar-refractivity contribution in [2.75, 3.05) is 6.26 Å². The smallest absolute Gasteiger partial charge is 0.183 e. The van der Waals surface area contributed by atoms with E-state index in [1.54, 1.807) is 6.20 Å². The van der Waals surface area contributed by atoms with Crippen molar-refractivity contribution in [3.05, 3.63) is 36.0 Å². The average molecular weight is 256 g/mol. The zero-order valence-electron chi connectivity index (χ0n) is 10.1. The lowest BCUT2D eigenvalue weighted by Gasteiger charge is -2.06. The Balaban J connectivity index is 2.63. The van der Waals surface area contributed by atoms with E-state index in [0.29, 0.717) is 5.17 Å². The Morgan fingerprint density at radius 1 is 1.44 bits per heavy atom. The van der Waals surface area contributed by atoms with Gasteiger partial charge < -0.3 is 0 Å². The van der Waals surface area contributed by atoms with E-state index in [9.17, 15) is 0 Å². The number of aromatic nitrogens is 1. The van der Waals surface area contributed by atoms with Crippen molar-refractivity contribution in [1.82, 2.24) is 10.3 Å². The molecule has 1 heterocycles. The molecule has 0 saturated heterocycles. The lowest BCUT2D eigenvalue weighted by molar-refractivity contribution is 1.27. The van der Waals surface area contributed by atoms with Crippen LogP contribution in [-0.2, 0) is 0 Å². The molecule has 0 atom stereocenters. The topological polar surface area (TPSA) is 61.1 Å². The van der Waals surface area contributed by atoms with E-state index in [1.807, 2.05) is 43.6 Å². The van der Waals surface area contributed by atoms with Crippen LogP contribution >= 0.6 is 11.8 Å². The van der Waals surface area contributed by atoms with Crippen LogP contribution in [0.3, 0.4) is 0 Å². The lowest BCUT2D eigenvalue weighted by Crippen LogP contribution is -2.12. The summed E-state index contributed by atoms with van der Waals surface area (Å²) in [6, 6.07) is 7.92. The summed E-state index contributed by atoms with van der Waals surface area (Å²) in [5.41, 5.74) is 2.69. The zero-order chi connectivity index (χ0) is 13.0. The first kappa shape index (κ1) is 12.4. The van der Waals surface area contributed by atoms with Crippen LogP contribution in [0.2, 0.25) is 0 Å². The number of amidine groups is 1. The summed E-state index contributed by atoms with van der Waals surface area (Å²) in [5, 5.41) is 12.8. The monoisotopic (exact) mass is 256 g/mol. The molecule has 0 spiro atoms. The molecule has 18 heavy (non-hydrogen) atoms. The number of aryl methyl sites for hydroxylation is 1. The minimum atomic E-state index is 0.568. The maximum atomic E-state index is 8.66. The molecule has 4 nitrogen and oxygen atoms in total. The van der Waals surface area contributed by atoms with Crippen LogP contribution in [0.25, 0.3) is 10.9 Å². The summed E-state index contributed by atoms with van der Waals surface area (Å²) in [6.07, 6.45) is 5.50. The van der Waals surface area contributed by atoms with E-state index in [2.05, 4.69) is 15.3 Å². The molecule has 0 bridgehead atoms. The number of nitriles is 1. The maximum absolute atomic E-state index is 8.66. The van der Waals surface area contributed by atoms with Crippen LogP contribution in [0.4, 0.5) is 5.69 Å². The Bertz CT molecular complexity index is 643. The first-order valence-electron chi connectivity index (χ1n) is 5.38. The quantitative estimate of drug-likeness (QED) is 0.369. The van der Waals surface area contributed by atoms with Gasteiger partial charge in [-0.05, 0) is 24.8 Å². The molecule has 0 unspecified atom stereocenters. The van der Waals surface area contributed by atoms with E-state index in [4.69, 9.17) is 5.26 Å². The van der Waals surface area contributed by atoms with Gasteiger partial charge in [0, 0.05) is 11.6 Å². The standard InChI is InChI=1S/C13H12N4S/c1-9-5-6-10-4-3-7-15-12(10)11(9)17-13(18-2)16-8-14/h3-7H,1-2H3,(H,16,17). The third kappa shape index (κ3) is 2.44. The molecule has 1 N–H and O–H groups in total. The third-order valence-electron chi connectivity index (χ3n) is 2.52. The number of hydrogen-bond acceptors (Lipinski definition) is 4. The molecule has 5 heteroatoms. The van der Waals surface area contributed by atoms with Crippen molar-refractivity contribution >= 4 is 33.5 Å². The highest BCUT2D eigenvalue weighted by atomic mass is 32.2. The van der Waals surface area contributed by atoms with Gasteiger partial charge in [0.05, 0.1) is 11.2 Å². The molecular weight excluding hydrogens is 244 g/mol. The normalized spacial score (nSPS) is 11.3. The molecule has 0 amide bonds. The van der Waals surface area contributed by atoms with Gasteiger partial charge in [-0.25, -0.2) is 4.99 Å². The van der Waals surface area contributed by atoms with Crippen molar-refractivity contribution in [2.24, 2.45) is 4.99 Å². The third-order valence-corrected chi connectivity index (χ3v) is 3.10. The van der Waals surface area contributed by atoms with E-state index >= 15 is 0 Å². The van der Waals surface area contributed by atoms with Gasteiger partial charge in [0.1, 0.15) is 0 Å². The van der Waals surface area contributed by atoms with Crippen LogP contribution in [-0.4, -0.2) is 16.4 Å². The summed E-state index contributed by atoms with van der Waals surface area (Å²) in [5.74, 6) is 0. The van der Waals surface area contributed by atoms with Gasteiger partial charge in [0.2, 0.25) is 0 Å². The van der Waals surface area contributed by atoms with Gasteiger partial charge in [-0.3, -0.25) is 10.3 Å². The van der Waals surface area contributed by atoms with Crippen molar-refractivity contribution in [2.45, 2.75) is 6.92 Å². The lowest BCUT2D eigenvalue weighted by atomic mass is 10.1. The molecule has 0 radical (unpaired) electrons. The molecule has 2 aromatic rings. The van der Waals surface area contributed by atoms with Gasteiger partial charge in [0.25, 0.3) is 0 Å². The fraction of sp³-hybridized carbons (Fsp3) is 0.154. The Labute approximate surface area is 110 Å². The highest BCUT2D eigenvalue weighted by Gasteiger charge is 2.06. The fourth-order valence-electron chi connectivity index (χ4n) is 1.65. The molecule has 1 aromatic carbocycles. The molecular formula is C13H12N4S. The zero-order valence-corrected chi connectivity index (χ0v) is 11.0. The summed E-state index contributed by atoms with van der Waals surface area (Å²) < 4.78 is 0. The molecule has 0 aliphatic heterocycles. The Morgan fingerprint density at radius 2 is 2.28 bits per heavy atom. The minimum absolute atomic E-state index is 0.568. The van der Waals surface area contributed by atoms with Crippen LogP contribution in [0.1, 0.15) is 5.56 Å². The van der Waals surface area contributed by atoms with Crippen molar-refractivity contribution in [3.8, 4) is 6.19 Å². The van der Waals surface area contributed by atoms with Crippen LogP contribution in [0.5, 0.6) is 0 Å². The van der Waals surface area contributed by atoms with Gasteiger partial charge >= 0.3 is 0 Å². The van der Waals surface area contributed by atoms with E-state index in [0.717, 1.165) is 22.2 Å². The van der Waals surface area contributed by atoms with Gasteiger partial charge in [-0.2, -0.15) is 5.26 Å². The second kappa shape index (κ2) is 5.52. The number of hydrogen-bond donors (Lipinski definition) is 1. The van der Waals surface area contributed by atoms with Crippen LogP contribution < -0.4 is 5.32 Å². The summed E-state index contributed by atoms with van der Waals surface area (Å²) in [6.45, 7) is 1.98. The highest BCUT2D eigenvalue weighted by molar-refractivity contribution is 8.13. The van der Waals surface area contributed by atoms with Gasteiger partial charge in [-0.15, -0.1) is 0 Å².